The number of hydrogen-bond acceptors (Lipinski definition) is 2. The van der Waals surface area contributed by atoms with Crippen LogP contribution in [0.4, 0.5) is 64.1 Å². The van der Waals surface area contributed by atoms with Crippen LogP contribution in [0.1, 0.15) is 22.3 Å². The molecule has 0 aromatic heterocycles. The van der Waals surface area contributed by atoms with Crippen molar-refractivity contribution in [3.63, 3.8) is 0 Å². The van der Waals surface area contributed by atoms with Crippen LogP contribution >= 0.6 is 77.4 Å². The summed E-state index contributed by atoms with van der Waals surface area (Å²) in [5.41, 5.74) is -10.3. The SMILES string of the molecule is FC(F)(F)c1cc(N2P(Cl)(Cl)(Cl)N(c3cc(C(F)(F)F)cc(C(F)(F)F)c3)P2(Cl)(Cl)Cl)cc(C(F)(F)F)c1. The topological polar surface area (TPSA) is 6.48 Å². The first-order chi connectivity index (χ1) is 16.4. The van der Waals surface area contributed by atoms with Crippen LogP contribution in [0.3, 0.4) is 0 Å². The molecule has 0 N–H and O–H groups in total. The third kappa shape index (κ3) is 5.62. The molecule has 0 amide bonds. The number of halogens is 18. The summed E-state index contributed by atoms with van der Waals surface area (Å²) in [6, 6.07) is -0.542. The van der Waals surface area contributed by atoms with Gasteiger partial charge in [-0.1, -0.05) is 0 Å². The number of hydrogen-bond donors (Lipinski definition) is 0. The number of anilines is 2. The summed E-state index contributed by atoms with van der Waals surface area (Å²) in [6.07, 6.45) is -21.6. The molecule has 0 saturated carbocycles. The Morgan fingerprint density at radius 2 is 0.579 bits per heavy atom. The van der Waals surface area contributed by atoms with Gasteiger partial charge in [-0.3, -0.25) is 0 Å². The van der Waals surface area contributed by atoms with Gasteiger partial charge in [0.25, 0.3) is 0 Å². The van der Waals surface area contributed by atoms with Gasteiger partial charge in [0.15, 0.2) is 0 Å². The van der Waals surface area contributed by atoms with Crippen LogP contribution < -0.4 is 8.88 Å². The molecule has 1 aliphatic heterocycles. The Kier molecular flexibility index (Phi) is 7.36. The molecule has 1 saturated heterocycles. The molecule has 38 heavy (non-hydrogen) atoms. The minimum absolute atomic E-state index is 0.0168. The molecule has 0 aliphatic carbocycles. The Morgan fingerprint density at radius 1 is 0.395 bits per heavy atom. The van der Waals surface area contributed by atoms with Gasteiger partial charge in [0, 0.05) is 0 Å². The molecule has 2 aromatic rings. The fraction of sp³-hybridized carbons (Fsp3) is 0.250. The first kappa shape index (κ1) is 32.3. The molecule has 0 atom stereocenters. The quantitative estimate of drug-likeness (QED) is 0.224. The summed E-state index contributed by atoms with van der Waals surface area (Å²) in [6.45, 7) is 0. The zero-order valence-electron chi connectivity index (χ0n) is 17.1. The molecule has 216 valence electrons. The fourth-order valence-corrected chi connectivity index (χ4v) is 32.6. The third-order valence-electron chi connectivity index (χ3n) is 4.80. The van der Waals surface area contributed by atoms with Gasteiger partial charge in [0.05, 0.1) is 0 Å². The zero-order valence-corrected chi connectivity index (χ0v) is 23.4. The van der Waals surface area contributed by atoms with E-state index in [1.807, 2.05) is 0 Å². The van der Waals surface area contributed by atoms with E-state index in [4.69, 9.17) is 67.4 Å². The van der Waals surface area contributed by atoms with Crippen molar-refractivity contribution < 1.29 is 52.7 Å². The van der Waals surface area contributed by atoms with E-state index in [-0.39, 0.29) is 45.3 Å². The third-order valence-corrected chi connectivity index (χ3v) is 21.5. The monoisotopic (exact) mass is 726 g/mol. The van der Waals surface area contributed by atoms with E-state index in [0.29, 0.717) is 0 Å². The van der Waals surface area contributed by atoms with E-state index in [1.165, 1.54) is 0 Å². The second-order valence-corrected chi connectivity index (χ2v) is 27.4. The first-order valence-electron chi connectivity index (χ1n) is 8.99. The predicted octanol–water partition coefficient (Wildman–Crippen LogP) is 12.8. The van der Waals surface area contributed by atoms with Gasteiger partial charge >= 0.3 is 234 Å². The van der Waals surface area contributed by atoms with Crippen LogP contribution in [-0.4, -0.2) is 0 Å². The number of alkyl halides is 12. The number of benzene rings is 2. The maximum atomic E-state index is 13.4. The Morgan fingerprint density at radius 3 is 0.737 bits per heavy atom. The average molecular weight is 729 g/mol. The fourth-order valence-electron chi connectivity index (χ4n) is 3.41. The molecule has 2 nitrogen and oxygen atoms in total. The standard InChI is InChI=1S/C16H6Cl6F12N2P2/c17-37(18,19)35(11-3-7(13(23,24)25)1-8(4-11)14(26,27)28)38(20,21,22)36(37)12-5-9(15(29,30)31)2-10(6-12)16(32,33)34/h1-6H. The van der Waals surface area contributed by atoms with Crippen LogP contribution in [-0.2, 0) is 24.7 Å². The van der Waals surface area contributed by atoms with Crippen molar-refractivity contribution in [2.24, 2.45) is 0 Å². The Balaban J connectivity index is 2.35. The molecule has 1 fully saturated rings. The molecule has 0 bridgehead atoms. The molecule has 1 heterocycles. The summed E-state index contributed by atoms with van der Waals surface area (Å²) in [5.74, 6) is 0. The van der Waals surface area contributed by atoms with Gasteiger partial charge in [0.1, 0.15) is 0 Å². The van der Waals surface area contributed by atoms with Crippen molar-refractivity contribution in [3.05, 3.63) is 58.7 Å². The summed E-state index contributed by atoms with van der Waals surface area (Å²) < 4.78 is 160. The molecular formula is C16H6Cl6F12N2P2. The van der Waals surface area contributed by atoms with Crippen molar-refractivity contribution >= 4 is 88.7 Å². The number of nitrogens with zero attached hydrogens (tertiary/aromatic N) is 2. The van der Waals surface area contributed by atoms with E-state index in [1.54, 1.807) is 0 Å². The van der Waals surface area contributed by atoms with Crippen molar-refractivity contribution in [3.8, 4) is 0 Å². The predicted molar refractivity (Wildman–Crippen MR) is 127 cm³/mol. The Labute approximate surface area is 233 Å². The van der Waals surface area contributed by atoms with Crippen molar-refractivity contribution in [1.29, 1.82) is 0 Å². The van der Waals surface area contributed by atoms with E-state index in [9.17, 15) is 52.7 Å². The Bertz CT molecular complexity index is 1110. The molecule has 3 rings (SSSR count). The van der Waals surface area contributed by atoms with Gasteiger partial charge in [-0.05, 0) is 0 Å². The summed E-state index contributed by atoms with van der Waals surface area (Å²) in [4.78, 5) is -11.9. The van der Waals surface area contributed by atoms with E-state index in [2.05, 4.69) is 0 Å². The first-order valence-corrected chi connectivity index (χ1v) is 18.7. The van der Waals surface area contributed by atoms with Crippen LogP contribution in [0.2, 0.25) is 0 Å². The van der Waals surface area contributed by atoms with E-state index >= 15 is 0 Å². The van der Waals surface area contributed by atoms with Crippen LogP contribution in [0, 0.1) is 0 Å². The van der Waals surface area contributed by atoms with Crippen LogP contribution in [0.15, 0.2) is 36.4 Å². The van der Waals surface area contributed by atoms with Gasteiger partial charge in [-0.2, -0.15) is 0 Å². The van der Waals surface area contributed by atoms with Crippen molar-refractivity contribution in [2.45, 2.75) is 24.7 Å². The zero-order chi connectivity index (χ0) is 29.8. The second-order valence-electron chi connectivity index (χ2n) is 7.58. The van der Waals surface area contributed by atoms with Crippen molar-refractivity contribution in [1.82, 2.24) is 0 Å². The van der Waals surface area contributed by atoms with Gasteiger partial charge in [-0.25, -0.2) is 0 Å². The molecule has 2 aromatic carbocycles. The molecule has 1 aliphatic rings. The molecule has 0 unspecified atom stereocenters. The van der Waals surface area contributed by atoms with Gasteiger partial charge in [-0.15, -0.1) is 0 Å². The summed E-state index contributed by atoms with van der Waals surface area (Å²) >= 11 is 37.0. The minimum atomic E-state index is -5.96. The normalized spacial score (nSPS) is 23.0. The maximum absolute atomic E-state index is 13.4. The second kappa shape index (κ2) is 8.66. The molecule has 22 heteroatoms. The van der Waals surface area contributed by atoms with Crippen molar-refractivity contribution in [2.75, 3.05) is 8.88 Å². The van der Waals surface area contributed by atoms with Gasteiger partial charge < -0.3 is 0 Å². The summed E-state index contributed by atoms with van der Waals surface area (Å²) in [7, 11) is 0. The Hall–Kier alpha value is -0.200. The van der Waals surface area contributed by atoms with E-state index < -0.39 is 68.3 Å². The van der Waals surface area contributed by atoms with E-state index in [0.717, 1.165) is 0 Å². The molecular weight excluding hydrogens is 723 g/mol. The summed E-state index contributed by atoms with van der Waals surface area (Å²) in [5, 5.41) is 0. The molecule has 0 spiro atoms. The molecule has 0 radical (unpaired) electrons. The average Bonchev–Trinajstić information content (AvgIpc) is 2.62. The number of rotatable bonds is 2. The van der Waals surface area contributed by atoms with Gasteiger partial charge in [0.2, 0.25) is 0 Å². The van der Waals surface area contributed by atoms with Crippen LogP contribution in [0.5, 0.6) is 0 Å². The van der Waals surface area contributed by atoms with Crippen LogP contribution in [0.25, 0.3) is 0 Å².